The van der Waals surface area contributed by atoms with Crippen molar-refractivity contribution in [2.24, 2.45) is 0 Å². The minimum absolute atomic E-state index is 1.06. The van der Waals surface area contributed by atoms with E-state index >= 15 is 0 Å². The second kappa shape index (κ2) is 33.5. The maximum atomic E-state index is 8.19. The van der Waals surface area contributed by atoms with Gasteiger partial charge in [0.05, 0.1) is 0 Å². The molecular formula is C35H3OV-. The molecule has 0 aromatic rings. The summed E-state index contributed by atoms with van der Waals surface area (Å²) in [6.45, 7) is 1.69. The number of hydrogen-bond acceptors (Lipinski definition) is 1. The molecule has 0 heterocycles. The van der Waals surface area contributed by atoms with E-state index in [0.29, 0.717) is 0 Å². The van der Waals surface area contributed by atoms with Gasteiger partial charge in [0, 0.05) is 77.0 Å². The molecule has 0 unspecified atom stereocenters. The van der Waals surface area contributed by atoms with Crippen molar-refractivity contribution in [3.8, 4) is 195 Å². The van der Waals surface area contributed by atoms with Gasteiger partial charge in [0.15, 0.2) is 0 Å². The van der Waals surface area contributed by atoms with Gasteiger partial charge in [-0.05, 0) is 102 Å². The Balaban J connectivity index is 0. The van der Waals surface area contributed by atoms with Gasteiger partial charge in [0.1, 0.15) is 0 Å². The number of rotatable bonds is 0. The summed E-state index contributed by atoms with van der Waals surface area (Å²) in [6.07, 6.45) is 6.54. The van der Waals surface area contributed by atoms with E-state index in [1.54, 1.807) is 6.92 Å². The van der Waals surface area contributed by atoms with E-state index in [-0.39, 0.29) is 0 Å². The second-order valence-corrected chi connectivity index (χ2v) is 4.25. The van der Waals surface area contributed by atoms with Crippen molar-refractivity contribution in [2.75, 3.05) is 0 Å². The molecule has 0 atom stereocenters. The maximum absolute atomic E-state index is 8.19. The Morgan fingerprint density at radius 3 is 0.568 bits per heavy atom. The molecule has 0 rings (SSSR count). The molecule has 0 aromatic carbocycles. The molecule has 0 aliphatic rings. The number of hydrogen-bond donors (Lipinski definition) is 0. The molecule has 2 heteroatoms. The van der Waals surface area contributed by atoms with Crippen molar-refractivity contribution in [1.82, 2.24) is 0 Å². The third kappa shape index (κ3) is 33.7. The van der Waals surface area contributed by atoms with Crippen LogP contribution in [0.1, 0.15) is 6.92 Å². The van der Waals surface area contributed by atoms with Crippen molar-refractivity contribution < 1.29 is 21.0 Å². The zero-order valence-corrected chi connectivity index (χ0v) is 20.3. The summed E-state index contributed by atoms with van der Waals surface area (Å²) in [5.41, 5.74) is 0. The fourth-order valence-corrected chi connectivity index (χ4v) is 1.00. The van der Waals surface area contributed by atoms with Gasteiger partial charge in [0.2, 0.25) is 0 Å². The molecule has 0 radical (unpaired) electrons. The van der Waals surface area contributed by atoms with Crippen LogP contribution in [-0.2, 0) is 21.0 Å². The topological polar surface area (TPSA) is 17.1 Å². The summed E-state index contributed by atoms with van der Waals surface area (Å²) in [5, 5.41) is 0. The second-order valence-electron chi connectivity index (χ2n) is 4.25. The van der Waals surface area contributed by atoms with Crippen LogP contribution < -0.4 is 0 Å². The summed E-state index contributed by atoms with van der Waals surface area (Å²) < 4.78 is 8.19. The first-order valence-electron chi connectivity index (χ1n) is 8.93. The van der Waals surface area contributed by atoms with Crippen molar-refractivity contribution in [2.45, 2.75) is 6.92 Å². The first-order valence-corrected chi connectivity index (χ1v) is 9.50. The van der Waals surface area contributed by atoms with Crippen molar-refractivity contribution in [3.05, 3.63) is 6.42 Å². The van der Waals surface area contributed by atoms with Crippen LogP contribution in [0.2, 0.25) is 0 Å². The Morgan fingerprint density at radius 2 is 0.432 bits per heavy atom. The standard InChI is InChI=1S/C35H3.O.V/c1-3-5-7-9-11-13-15-17-19-21-23-25-27-29-31-33-35-34-32-30-28-26-24-22-20-18-16-14-12-10-8-6-4-2;;/h1H3;;/q-1;;. The molecule has 0 bridgehead atoms. The fourth-order valence-electron chi connectivity index (χ4n) is 1.00. The monoisotopic (exact) mass is 490 g/mol. The van der Waals surface area contributed by atoms with Gasteiger partial charge < -0.3 is 6.42 Å². The molecular weight excluding hydrogens is 487 g/mol. The van der Waals surface area contributed by atoms with Crippen LogP contribution in [0.3, 0.4) is 0 Å². The molecule has 0 aromatic heterocycles. The molecule has 1 nitrogen and oxygen atoms in total. The van der Waals surface area contributed by atoms with E-state index < -0.39 is 0 Å². The van der Waals surface area contributed by atoms with Crippen LogP contribution >= 0.6 is 0 Å². The average molecular weight is 490 g/mol. The summed E-state index contributed by atoms with van der Waals surface area (Å²) in [6, 6.07) is 0. The van der Waals surface area contributed by atoms with Crippen molar-refractivity contribution in [1.29, 1.82) is 0 Å². The first-order chi connectivity index (χ1) is 18.4. The fraction of sp³-hybridized carbons (Fsp3) is 0.0286. The zero-order valence-electron chi connectivity index (χ0n) is 18.9. The van der Waals surface area contributed by atoms with Gasteiger partial charge in [-0.15, -0.1) is 5.92 Å². The Hall–Kier alpha value is -7.10. The van der Waals surface area contributed by atoms with Crippen LogP contribution in [0.25, 0.3) is 0 Å². The third-order valence-electron chi connectivity index (χ3n) is 2.06. The SMILES string of the molecule is [C-]#CC#CC#CC#CC#CC#CC#CC#CC#CC#CC#CC#CC#CC#CC#CC#CC#CC.[O]=[V]. The molecule has 0 N–H and O–H groups in total. The molecule has 155 valence electrons. The van der Waals surface area contributed by atoms with Crippen molar-refractivity contribution >= 4 is 0 Å². The molecule has 0 aliphatic heterocycles. The molecule has 0 saturated carbocycles. The summed E-state index contributed by atoms with van der Waals surface area (Å²) >= 11 is 1.06. The van der Waals surface area contributed by atoms with Gasteiger partial charge in [-0.2, -0.15) is 0 Å². The van der Waals surface area contributed by atoms with E-state index in [0.717, 1.165) is 17.4 Å². The van der Waals surface area contributed by atoms with Gasteiger partial charge in [-0.25, -0.2) is 5.92 Å². The van der Waals surface area contributed by atoms with Gasteiger partial charge in [-0.1, -0.05) is 5.92 Å². The Labute approximate surface area is 229 Å². The van der Waals surface area contributed by atoms with E-state index in [9.17, 15) is 0 Å². The molecule has 0 fully saturated rings. The molecule has 0 saturated heterocycles. The summed E-state index contributed by atoms with van der Waals surface area (Å²) in [5.74, 6) is 81.3. The Bertz CT molecular complexity index is 1960. The Morgan fingerprint density at radius 1 is 0.297 bits per heavy atom. The molecule has 0 aliphatic carbocycles. The predicted octanol–water partition coefficient (Wildman–Crippen LogP) is 0.529. The quantitative estimate of drug-likeness (QED) is 0.358. The molecule has 37 heavy (non-hydrogen) atoms. The van der Waals surface area contributed by atoms with E-state index in [1.807, 2.05) is 5.92 Å². The van der Waals surface area contributed by atoms with E-state index in [1.165, 1.54) is 0 Å². The van der Waals surface area contributed by atoms with Crippen LogP contribution in [0.4, 0.5) is 0 Å². The zero-order chi connectivity index (χ0) is 27.3. The summed E-state index contributed by atoms with van der Waals surface area (Å²) in [7, 11) is 0. The Kier molecular flexibility index (Phi) is 29.1. The average Bonchev–Trinajstić information content (AvgIpc) is 2.93. The van der Waals surface area contributed by atoms with Crippen molar-refractivity contribution in [3.63, 3.8) is 0 Å². The van der Waals surface area contributed by atoms with E-state index in [2.05, 4.69) is 189 Å². The van der Waals surface area contributed by atoms with E-state index in [4.69, 9.17) is 10.1 Å². The first kappa shape index (κ1) is 32.1. The van der Waals surface area contributed by atoms with Gasteiger partial charge in [-0.3, -0.25) is 5.92 Å². The van der Waals surface area contributed by atoms with Gasteiger partial charge >= 0.3 is 21.0 Å². The van der Waals surface area contributed by atoms with Crippen LogP contribution in [-0.4, -0.2) is 0 Å². The van der Waals surface area contributed by atoms with Gasteiger partial charge in [0.25, 0.3) is 0 Å². The summed E-state index contributed by atoms with van der Waals surface area (Å²) in [4.78, 5) is 0. The minimum atomic E-state index is 1.06. The van der Waals surface area contributed by atoms with Crippen LogP contribution in [0.15, 0.2) is 0 Å². The van der Waals surface area contributed by atoms with Crippen LogP contribution in [0.5, 0.6) is 0 Å². The normalized spacial score (nSPS) is 3.76. The molecule has 0 spiro atoms. The van der Waals surface area contributed by atoms with Crippen LogP contribution in [0, 0.1) is 202 Å². The molecule has 0 amide bonds. The predicted molar refractivity (Wildman–Crippen MR) is 138 cm³/mol. The third-order valence-corrected chi connectivity index (χ3v) is 2.06.